The lowest BCUT2D eigenvalue weighted by molar-refractivity contribution is 0.0183. The summed E-state index contributed by atoms with van der Waals surface area (Å²) in [5.41, 5.74) is 0.306. The van der Waals surface area contributed by atoms with Gasteiger partial charge >= 0.3 is 6.09 Å². The normalized spacial score (nSPS) is 17.0. The molecule has 26 heavy (non-hydrogen) atoms. The van der Waals surface area contributed by atoms with E-state index in [1.807, 2.05) is 51.1 Å². The molecule has 0 N–H and O–H groups in total. The molecule has 6 nitrogen and oxygen atoms in total. The SMILES string of the molecule is CN(C1CCN(C(=O)OC(C)(C)C)CC1)S(=O)(=O)/C=C/c1ccccc1. The highest BCUT2D eigenvalue weighted by molar-refractivity contribution is 7.92. The fourth-order valence-electron chi connectivity index (χ4n) is 2.77. The summed E-state index contributed by atoms with van der Waals surface area (Å²) in [6.07, 6.45) is 2.44. The Bertz CT molecular complexity index is 731. The second-order valence-corrected chi connectivity index (χ2v) is 9.35. The van der Waals surface area contributed by atoms with Crippen molar-refractivity contribution >= 4 is 22.2 Å². The molecule has 0 unspecified atom stereocenters. The molecule has 1 heterocycles. The van der Waals surface area contributed by atoms with Crippen LogP contribution in [0.2, 0.25) is 0 Å². The molecule has 1 amide bonds. The van der Waals surface area contributed by atoms with Crippen molar-refractivity contribution in [2.24, 2.45) is 0 Å². The van der Waals surface area contributed by atoms with Crippen LogP contribution in [0.1, 0.15) is 39.2 Å². The molecule has 0 bridgehead atoms. The number of carbonyl (C=O) groups excluding carboxylic acids is 1. The van der Waals surface area contributed by atoms with Crippen molar-refractivity contribution < 1.29 is 17.9 Å². The molecule has 1 aromatic carbocycles. The number of nitrogens with zero attached hydrogens (tertiary/aromatic N) is 2. The molecule has 0 aromatic heterocycles. The zero-order valence-corrected chi connectivity index (χ0v) is 16.7. The van der Waals surface area contributed by atoms with Gasteiger partial charge in [0, 0.05) is 31.6 Å². The van der Waals surface area contributed by atoms with Gasteiger partial charge in [0.15, 0.2) is 0 Å². The molecule has 0 saturated carbocycles. The number of hydrogen-bond donors (Lipinski definition) is 0. The number of carbonyl (C=O) groups is 1. The lowest BCUT2D eigenvalue weighted by atomic mass is 10.1. The second kappa shape index (κ2) is 8.22. The van der Waals surface area contributed by atoms with Gasteiger partial charge in [0.1, 0.15) is 5.60 Å². The van der Waals surface area contributed by atoms with E-state index in [1.165, 1.54) is 9.71 Å². The minimum atomic E-state index is -3.51. The Labute approximate surface area is 156 Å². The van der Waals surface area contributed by atoms with Gasteiger partial charge in [-0.2, -0.15) is 4.31 Å². The highest BCUT2D eigenvalue weighted by atomic mass is 32.2. The van der Waals surface area contributed by atoms with Crippen LogP contribution in [0.5, 0.6) is 0 Å². The van der Waals surface area contributed by atoms with Crippen LogP contribution in [0.3, 0.4) is 0 Å². The molecule has 7 heteroatoms. The summed E-state index contributed by atoms with van der Waals surface area (Å²) in [6, 6.07) is 9.19. The largest absolute Gasteiger partial charge is 0.444 e. The highest BCUT2D eigenvalue weighted by Crippen LogP contribution is 2.21. The van der Waals surface area contributed by atoms with E-state index in [4.69, 9.17) is 4.74 Å². The van der Waals surface area contributed by atoms with Crippen molar-refractivity contribution in [2.45, 2.75) is 45.3 Å². The number of rotatable bonds is 4. The number of likely N-dealkylation sites (tertiary alicyclic amines) is 1. The Morgan fingerprint density at radius 3 is 2.31 bits per heavy atom. The van der Waals surface area contributed by atoms with E-state index in [1.54, 1.807) is 18.0 Å². The minimum Gasteiger partial charge on any atom is -0.444 e. The third-order valence-corrected chi connectivity index (χ3v) is 5.84. The number of piperidine rings is 1. The number of hydrogen-bond acceptors (Lipinski definition) is 4. The van der Waals surface area contributed by atoms with Gasteiger partial charge < -0.3 is 9.64 Å². The van der Waals surface area contributed by atoms with Gasteiger partial charge in [-0.05, 0) is 45.3 Å². The molecular weight excluding hydrogens is 352 g/mol. The van der Waals surface area contributed by atoms with Crippen LogP contribution in [0.4, 0.5) is 4.79 Å². The lowest BCUT2D eigenvalue weighted by Crippen LogP contribution is -2.48. The van der Waals surface area contributed by atoms with E-state index >= 15 is 0 Å². The van der Waals surface area contributed by atoms with Gasteiger partial charge in [0.2, 0.25) is 10.0 Å². The van der Waals surface area contributed by atoms with E-state index < -0.39 is 15.6 Å². The summed E-state index contributed by atoms with van der Waals surface area (Å²) >= 11 is 0. The van der Waals surface area contributed by atoms with Crippen molar-refractivity contribution in [1.29, 1.82) is 0 Å². The first kappa shape index (κ1) is 20.5. The molecule has 0 aliphatic carbocycles. The summed E-state index contributed by atoms with van der Waals surface area (Å²) in [5, 5.41) is 1.24. The first-order valence-electron chi connectivity index (χ1n) is 8.77. The Balaban J connectivity index is 1.93. The predicted molar refractivity (Wildman–Crippen MR) is 103 cm³/mol. The van der Waals surface area contributed by atoms with Crippen LogP contribution in [0.15, 0.2) is 35.7 Å². The second-order valence-electron chi connectivity index (χ2n) is 7.47. The van der Waals surface area contributed by atoms with Crippen molar-refractivity contribution in [3.8, 4) is 0 Å². The maximum atomic E-state index is 12.5. The van der Waals surface area contributed by atoms with E-state index in [2.05, 4.69) is 0 Å². The monoisotopic (exact) mass is 380 g/mol. The van der Waals surface area contributed by atoms with Gasteiger partial charge in [0.25, 0.3) is 0 Å². The standard InChI is InChI=1S/C19H28N2O4S/c1-19(2,3)25-18(22)21-13-10-17(11-14-21)20(4)26(23,24)15-12-16-8-6-5-7-9-16/h5-9,12,15,17H,10-11,13-14H2,1-4H3/b15-12+. The molecular formula is C19H28N2O4S. The van der Waals surface area contributed by atoms with Crippen molar-refractivity contribution in [2.75, 3.05) is 20.1 Å². The zero-order chi connectivity index (χ0) is 19.4. The van der Waals surface area contributed by atoms with Crippen molar-refractivity contribution in [3.05, 3.63) is 41.3 Å². The van der Waals surface area contributed by atoms with Crippen molar-refractivity contribution in [1.82, 2.24) is 9.21 Å². The van der Waals surface area contributed by atoms with Crippen LogP contribution in [-0.4, -0.2) is 55.5 Å². The maximum absolute atomic E-state index is 12.5. The number of sulfonamides is 1. The Morgan fingerprint density at radius 2 is 1.77 bits per heavy atom. The average molecular weight is 381 g/mol. The minimum absolute atomic E-state index is 0.126. The molecule has 0 atom stereocenters. The molecule has 1 aromatic rings. The van der Waals surface area contributed by atoms with Gasteiger partial charge in [-0.25, -0.2) is 13.2 Å². The van der Waals surface area contributed by atoms with Gasteiger partial charge in [-0.3, -0.25) is 0 Å². The number of amides is 1. The molecule has 1 fully saturated rings. The third kappa shape index (κ3) is 5.85. The average Bonchev–Trinajstić information content (AvgIpc) is 2.59. The van der Waals surface area contributed by atoms with E-state index in [0.29, 0.717) is 25.9 Å². The molecule has 1 aliphatic rings. The van der Waals surface area contributed by atoms with Gasteiger partial charge in [-0.1, -0.05) is 30.3 Å². The van der Waals surface area contributed by atoms with Gasteiger partial charge in [0.05, 0.1) is 0 Å². The number of benzene rings is 1. The van der Waals surface area contributed by atoms with Crippen LogP contribution in [0, 0.1) is 0 Å². The highest BCUT2D eigenvalue weighted by Gasteiger charge is 2.31. The summed E-state index contributed by atoms with van der Waals surface area (Å²) in [5.74, 6) is 0. The first-order chi connectivity index (χ1) is 12.1. The summed E-state index contributed by atoms with van der Waals surface area (Å²) in [4.78, 5) is 13.7. The number of ether oxygens (including phenoxy) is 1. The van der Waals surface area contributed by atoms with Crippen LogP contribution < -0.4 is 0 Å². The quantitative estimate of drug-likeness (QED) is 0.804. The molecule has 2 rings (SSSR count). The maximum Gasteiger partial charge on any atom is 0.410 e. The fraction of sp³-hybridized carbons (Fsp3) is 0.526. The topological polar surface area (TPSA) is 66.9 Å². The Morgan fingerprint density at radius 1 is 1.19 bits per heavy atom. The summed E-state index contributed by atoms with van der Waals surface area (Å²) in [6.45, 7) is 6.47. The Hall–Kier alpha value is -1.86. The summed E-state index contributed by atoms with van der Waals surface area (Å²) in [7, 11) is -1.91. The first-order valence-corrected chi connectivity index (χ1v) is 10.3. The summed E-state index contributed by atoms with van der Waals surface area (Å²) < 4.78 is 31.9. The van der Waals surface area contributed by atoms with Crippen LogP contribution in [0.25, 0.3) is 6.08 Å². The molecule has 1 saturated heterocycles. The van der Waals surface area contributed by atoms with E-state index in [9.17, 15) is 13.2 Å². The molecule has 0 radical (unpaired) electrons. The fourth-order valence-corrected chi connectivity index (χ4v) is 3.92. The third-order valence-electron chi connectivity index (χ3n) is 4.26. The predicted octanol–water partition coefficient (Wildman–Crippen LogP) is 3.32. The molecule has 144 valence electrons. The Kier molecular flexibility index (Phi) is 6.47. The van der Waals surface area contributed by atoms with Crippen LogP contribution >= 0.6 is 0 Å². The lowest BCUT2D eigenvalue weighted by Gasteiger charge is -2.36. The van der Waals surface area contributed by atoms with Crippen LogP contribution in [-0.2, 0) is 14.8 Å². The molecule has 1 aliphatic heterocycles. The van der Waals surface area contributed by atoms with Crippen molar-refractivity contribution in [3.63, 3.8) is 0 Å². The van der Waals surface area contributed by atoms with Gasteiger partial charge in [-0.15, -0.1) is 0 Å². The zero-order valence-electron chi connectivity index (χ0n) is 15.9. The van der Waals surface area contributed by atoms with E-state index in [-0.39, 0.29) is 12.1 Å². The molecule has 0 spiro atoms. The smallest absolute Gasteiger partial charge is 0.410 e. The van der Waals surface area contributed by atoms with E-state index in [0.717, 1.165) is 5.56 Å².